The SMILES string of the molecule is COCCn1ncc(Cl)c1C(N)C1CCCc2sccc21. The highest BCUT2D eigenvalue weighted by molar-refractivity contribution is 7.10. The van der Waals surface area contributed by atoms with Gasteiger partial charge in [-0.25, -0.2) is 0 Å². The number of aromatic nitrogens is 2. The molecule has 0 fully saturated rings. The summed E-state index contributed by atoms with van der Waals surface area (Å²) in [6.07, 6.45) is 5.16. The highest BCUT2D eigenvalue weighted by Crippen LogP contribution is 2.42. The van der Waals surface area contributed by atoms with Gasteiger partial charge >= 0.3 is 0 Å². The molecule has 1 aliphatic rings. The number of halogens is 1. The molecule has 0 bridgehead atoms. The Hall–Kier alpha value is -0.880. The van der Waals surface area contributed by atoms with Gasteiger partial charge in [-0.3, -0.25) is 4.68 Å². The summed E-state index contributed by atoms with van der Waals surface area (Å²) in [6.45, 7) is 1.28. The summed E-state index contributed by atoms with van der Waals surface area (Å²) in [5, 5.41) is 7.16. The van der Waals surface area contributed by atoms with Gasteiger partial charge in [0.05, 0.1) is 36.1 Å². The monoisotopic (exact) mass is 325 g/mol. The van der Waals surface area contributed by atoms with Crippen LogP contribution in [-0.4, -0.2) is 23.5 Å². The van der Waals surface area contributed by atoms with Crippen LogP contribution < -0.4 is 5.73 Å². The molecule has 0 radical (unpaired) electrons. The molecule has 0 saturated heterocycles. The summed E-state index contributed by atoms with van der Waals surface area (Å²) in [5.41, 5.74) is 8.91. The third-order valence-corrected chi connectivity index (χ3v) is 5.48. The van der Waals surface area contributed by atoms with E-state index in [0.717, 1.165) is 12.1 Å². The van der Waals surface area contributed by atoms with Gasteiger partial charge in [0.1, 0.15) is 0 Å². The standard InChI is InChI=1S/C15H20ClN3OS/c1-20-7-6-19-15(12(16)9-18-19)14(17)11-3-2-4-13-10(11)5-8-21-13/h5,8-9,11,14H,2-4,6-7,17H2,1H3. The van der Waals surface area contributed by atoms with Crippen LogP contribution in [0.3, 0.4) is 0 Å². The third-order valence-electron chi connectivity index (χ3n) is 4.19. The number of ether oxygens (including phenoxy) is 1. The maximum atomic E-state index is 6.58. The molecule has 2 unspecified atom stereocenters. The van der Waals surface area contributed by atoms with Crippen LogP contribution in [0.25, 0.3) is 0 Å². The number of hydrogen-bond acceptors (Lipinski definition) is 4. The number of aryl methyl sites for hydroxylation is 1. The van der Waals surface area contributed by atoms with E-state index >= 15 is 0 Å². The molecule has 2 N–H and O–H groups in total. The summed E-state index contributed by atoms with van der Waals surface area (Å²) in [4.78, 5) is 1.47. The predicted octanol–water partition coefficient (Wildman–Crippen LogP) is 3.36. The van der Waals surface area contributed by atoms with Crippen molar-refractivity contribution < 1.29 is 4.74 Å². The summed E-state index contributed by atoms with van der Waals surface area (Å²) < 4.78 is 7.02. The Balaban J connectivity index is 1.89. The van der Waals surface area contributed by atoms with E-state index in [4.69, 9.17) is 22.1 Å². The molecule has 0 aliphatic heterocycles. The Kier molecular flexibility index (Phi) is 4.64. The molecule has 0 aromatic carbocycles. The molecule has 0 spiro atoms. The lowest BCUT2D eigenvalue weighted by Gasteiger charge is -2.28. The summed E-state index contributed by atoms with van der Waals surface area (Å²) in [6, 6.07) is 2.10. The van der Waals surface area contributed by atoms with E-state index in [1.54, 1.807) is 13.3 Å². The van der Waals surface area contributed by atoms with Gasteiger partial charge in [0.2, 0.25) is 0 Å². The average molecular weight is 326 g/mol. The van der Waals surface area contributed by atoms with Gasteiger partial charge in [-0.15, -0.1) is 11.3 Å². The normalized spacial score (nSPS) is 19.5. The molecule has 2 heterocycles. The topological polar surface area (TPSA) is 53.1 Å². The van der Waals surface area contributed by atoms with Crippen LogP contribution in [0.15, 0.2) is 17.6 Å². The Morgan fingerprint density at radius 3 is 3.29 bits per heavy atom. The summed E-state index contributed by atoms with van der Waals surface area (Å²) >= 11 is 8.17. The Morgan fingerprint density at radius 2 is 2.48 bits per heavy atom. The van der Waals surface area contributed by atoms with Crippen molar-refractivity contribution in [3.05, 3.63) is 38.8 Å². The number of rotatable bonds is 5. The highest BCUT2D eigenvalue weighted by Gasteiger charge is 2.30. The number of fused-ring (bicyclic) bond motifs is 1. The molecule has 2 aromatic heterocycles. The second-order valence-electron chi connectivity index (χ2n) is 5.42. The quantitative estimate of drug-likeness (QED) is 0.917. The van der Waals surface area contributed by atoms with Crippen molar-refractivity contribution in [3.63, 3.8) is 0 Å². The van der Waals surface area contributed by atoms with Gasteiger partial charge in [0.15, 0.2) is 0 Å². The van der Waals surface area contributed by atoms with Crippen molar-refractivity contribution in [2.45, 2.75) is 37.8 Å². The molecule has 4 nitrogen and oxygen atoms in total. The van der Waals surface area contributed by atoms with Crippen molar-refractivity contribution in [1.82, 2.24) is 9.78 Å². The highest BCUT2D eigenvalue weighted by atomic mass is 35.5. The van der Waals surface area contributed by atoms with Crippen LogP contribution in [-0.2, 0) is 17.7 Å². The number of thiophene rings is 1. The molecule has 2 aromatic rings. The summed E-state index contributed by atoms with van der Waals surface area (Å²) in [5.74, 6) is 0.329. The fourth-order valence-corrected chi connectivity index (χ4v) is 4.41. The first-order valence-electron chi connectivity index (χ1n) is 7.24. The second-order valence-corrected chi connectivity index (χ2v) is 6.83. The first kappa shape index (κ1) is 15.0. The van der Waals surface area contributed by atoms with Crippen molar-refractivity contribution in [1.29, 1.82) is 0 Å². The lowest BCUT2D eigenvalue weighted by atomic mass is 9.81. The zero-order valence-electron chi connectivity index (χ0n) is 12.1. The molecule has 0 amide bonds. The maximum Gasteiger partial charge on any atom is 0.0834 e. The number of nitrogens with zero attached hydrogens (tertiary/aromatic N) is 2. The van der Waals surface area contributed by atoms with Crippen LogP contribution in [0.2, 0.25) is 5.02 Å². The van der Waals surface area contributed by atoms with Gasteiger partial charge in [0, 0.05) is 17.9 Å². The zero-order valence-corrected chi connectivity index (χ0v) is 13.7. The zero-order chi connectivity index (χ0) is 14.8. The molecule has 6 heteroatoms. The van der Waals surface area contributed by atoms with E-state index in [-0.39, 0.29) is 6.04 Å². The van der Waals surface area contributed by atoms with Crippen molar-refractivity contribution in [2.24, 2.45) is 5.73 Å². The minimum atomic E-state index is -0.120. The van der Waals surface area contributed by atoms with Crippen LogP contribution >= 0.6 is 22.9 Å². The molecule has 114 valence electrons. The fourth-order valence-electron chi connectivity index (χ4n) is 3.14. The van der Waals surface area contributed by atoms with E-state index < -0.39 is 0 Å². The Bertz CT molecular complexity index is 610. The van der Waals surface area contributed by atoms with Gasteiger partial charge in [-0.2, -0.15) is 5.10 Å². The molecule has 2 atom stereocenters. The van der Waals surface area contributed by atoms with Crippen LogP contribution in [0.1, 0.15) is 40.9 Å². The minimum Gasteiger partial charge on any atom is -0.383 e. The molecular weight excluding hydrogens is 306 g/mol. The van der Waals surface area contributed by atoms with Gasteiger partial charge in [-0.05, 0) is 36.3 Å². The lowest BCUT2D eigenvalue weighted by Crippen LogP contribution is -2.26. The second kappa shape index (κ2) is 6.48. The number of hydrogen-bond donors (Lipinski definition) is 1. The van der Waals surface area contributed by atoms with E-state index in [1.807, 2.05) is 16.0 Å². The molecule has 1 aliphatic carbocycles. The van der Waals surface area contributed by atoms with Crippen LogP contribution in [0.5, 0.6) is 0 Å². The molecular formula is C15H20ClN3OS. The molecule has 3 rings (SSSR count). The predicted molar refractivity (Wildman–Crippen MR) is 86.0 cm³/mol. The first-order valence-corrected chi connectivity index (χ1v) is 8.50. The van der Waals surface area contributed by atoms with E-state index in [0.29, 0.717) is 24.1 Å². The lowest BCUT2D eigenvalue weighted by molar-refractivity contribution is 0.181. The van der Waals surface area contributed by atoms with Crippen molar-refractivity contribution in [2.75, 3.05) is 13.7 Å². The molecule has 0 saturated carbocycles. The summed E-state index contributed by atoms with van der Waals surface area (Å²) in [7, 11) is 1.68. The minimum absolute atomic E-state index is 0.120. The Morgan fingerprint density at radius 1 is 1.62 bits per heavy atom. The van der Waals surface area contributed by atoms with Crippen molar-refractivity contribution >= 4 is 22.9 Å². The largest absolute Gasteiger partial charge is 0.383 e. The smallest absolute Gasteiger partial charge is 0.0834 e. The Labute approximate surface area is 133 Å². The average Bonchev–Trinajstić information content (AvgIpc) is 3.10. The third kappa shape index (κ3) is 2.88. The van der Waals surface area contributed by atoms with Gasteiger partial charge in [-0.1, -0.05) is 11.6 Å². The first-order chi connectivity index (χ1) is 10.2. The van der Waals surface area contributed by atoms with E-state index in [2.05, 4.69) is 16.5 Å². The van der Waals surface area contributed by atoms with E-state index in [1.165, 1.54) is 23.3 Å². The van der Waals surface area contributed by atoms with Crippen LogP contribution in [0, 0.1) is 0 Å². The fraction of sp³-hybridized carbons (Fsp3) is 0.533. The van der Waals surface area contributed by atoms with E-state index in [9.17, 15) is 0 Å². The van der Waals surface area contributed by atoms with Crippen LogP contribution in [0.4, 0.5) is 0 Å². The maximum absolute atomic E-state index is 6.58. The van der Waals surface area contributed by atoms with Gasteiger partial charge < -0.3 is 10.5 Å². The number of methoxy groups -OCH3 is 1. The molecule has 21 heavy (non-hydrogen) atoms. The van der Waals surface area contributed by atoms with Crippen molar-refractivity contribution in [3.8, 4) is 0 Å². The number of nitrogens with two attached hydrogens (primary N) is 1. The van der Waals surface area contributed by atoms with Gasteiger partial charge in [0.25, 0.3) is 0 Å².